The highest BCUT2D eigenvalue weighted by molar-refractivity contribution is 7.84. The lowest BCUT2D eigenvalue weighted by Crippen LogP contribution is -2.32. The van der Waals surface area contributed by atoms with Crippen molar-refractivity contribution in [3.8, 4) is 5.75 Å². The van der Waals surface area contributed by atoms with E-state index in [4.69, 9.17) is 23.2 Å². The lowest BCUT2D eigenvalue weighted by molar-refractivity contribution is 0.467. The topological polar surface area (TPSA) is 49.3 Å². The monoisotopic (exact) mass is 295 g/mol. The van der Waals surface area contributed by atoms with Crippen molar-refractivity contribution in [1.29, 1.82) is 0 Å². The van der Waals surface area contributed by atoms with Gasteiger partial charge in [-0.15, -0.1) is 0 Å². The second-order valence-electron chi connectivity index (χ2n) is 4.60. The van der Waals surface area contributed by atoms with Crippen molar-refractivity contribution < 1.29 is 9.32 Å². The van der Waals surface area contributed by atoms with Gasteiger partial charge in [-0.05, 0) is 26.8 Å². The fourth-order valence-electron chi connectivity index (χ4n) is 1.08. The van der Waals surface area contributed by atoms with Crippen molar-refractivity contribution in [2.24, 2.45) is 0 Å². The number of phenolic OH excluding ortho intramolecular Hbond substituents is 1. The standard InChI is InChI=1S/C11H15Cl2NO2S/c1-11(2,3)17(16)14-6-7-4-8(12)9(13)5-10(7)15/h4-5,14-15H,6H2,1-3H3. The summed E-state index contributed by atoms with van der Waals surface area (Å²) >= 11 is 11.6. The Morgan fingerprint density at radius 3 is 2.35 bits per heavy atom. The Morgan fingerprint density at radius 2 is 1.82 bits per heavy atom. The van der Waals surface area contributed by atoms with Gasteiger partial charge < -0.3 is 5.11 Å². The third-order valence-electron chi connectivity index (χ3n) is 2.07. The van der Waals surface area contributed by atoms with Crippen LogP contribution in [0.2, 0.25) is 10.0 Å². The molecule has 96 valence electrons. The number of phenols is 1. The van der Waals surface area contributed by atoms with Crippen molar-refractivity contribution in [3.05, 3.63) is 27.7 Å². The summed E-state index contributed by atoms with van der Waals surface area (Å²) in [7, 11) is -1.20. The van der Waals surface area contributed by atoms with Crippen LogP contribution in [0.15, 0.2) is 12.1 Å². The van der Waals surface area contributed by atoms with Crippen LogP contribution in [-0.2, 0) is 17.5 Å². The maximum Gasteiger partial charge on any atom is 0.121 e. The Bertz CT molecular complexity index is 444. The molecule has 0 aromatic heterocycles. The first-order chi connectivity index (χ1) is 7.71. The predicted molar refractivity (Wildman–Crippen MR) is 72.9 cm³/mol. The van der Waals surface area contributed by atoms with E-state index >= 15 is 0 Å². The molecule has 0 saturated heterocycles. The van der Waals surface area contributed by atoms with Gasteiger partial charge >= 0.3 is 0 Å². The molecule has 6 heteroatoms. The van der Waals surface area contributed by atoms with Crippen LogP contribution in [0.25, 0.3) is 0 Å². The SMILES string of the molecule is CC(C)(C)S(=O)NCc1cc(Cl)c(Cl)cc1O. The van der Waals surface area contributed by atoms with E-state index in [2.05, 4.69) is 4.72 Å². The van der Waals surface area contributed by atoms with Gasteiger partial charge in [0.05, 0.1) is 25.8 Å². The molecule has 0 heterocycles. The first kappa shape index (κ1) is 14.8. The zero-order valence-corrected chi connectivity index (χ0v) is 12.2. The lowest BCUT2D eigenvalue weighted by Gasteiger charge is -2.18. The maximum absolute atomic E-state index is 11.8. The van der Waals surface area contributed by atoms with Gasteiger partial charge in [-0.1, -0.05) is 23.2 Å². The normalized spacial score (nSPS) is 13.7. The van der Waals surface area contributed by atoms with Crippen LogP contribution in [0.4, 0.5) is 0 Å². The third-order valence-corrected chi connectivity index (χ3v) is 4.31. The summed E-state index contributed by atoms with van der Waals surface area (Å²) in [6.07, 6.45) is 0. The van der Waals surface area contributed by atoms with Crippen LogP contribution < -0.4 is 4.72 Å². The van der Waals surface area contributed by atoms with Crippen molar-refractivity contribution in [3.63, 3.8) is 0 Å². The molecular formula is C11H15Cl2NO2S. The smallest absolute Gasteiger partial charge is 0.121 e. The number of rotatable bonds is 3. The number of hydrogen-bond acceptors (Lipinski definition) is 2. The summed E-state index contributed by atoms with van der Waals surface area (Å²) in [6, 6.07) is 2.94. The minimum Gasteiger partial charge on any atom is -0.508 e. The fourth-order valence-corrected chi connectivity index (χ4v) is 2.14. The van der Waals surface area contributed by atoms with Gasteiger partial charge in [0.2, 0.25) is 0 Å². The van der Waals surface area contributed by atoms with Gasteiger partial charge in [-0.2, -0.15) is 0 Å². The summed E-state index contributed by atoms with van der Waals surface area (Å²) in [6.45, 7) is 5.87. The third kappa shape index (κ3) is 4.14. The van der Waals surface area contributed by atoms with Gasteiger partial charge in [0.1, 0.15) is 5.75 Å². The molecule has 0 aliphatic rings. The minimum absolute atomic E-state index is 0.0396. The average Bonchev–Trinajstić information content (AvgIpc) is 2.19. The quantitative estimate of drug-likeness (QED) is 0.899. The second-order valence-corrected chi connectivity index (χ2v) is 7.46. The van der Waals surface area contributed by atoms with Gasteiger partial charge in [-0.3, -0.25) is 0 Å². The summed E-state index contributed by atoms with van der Waals surface area (Å²) in [5.41, 5.74) is 0.567. The molecule has 0 radical (unpaired) electrons. The molecule has 17 heavy (non-hydrogen) atoms. The van der Waals surface area contributed by atoms with Crippen molar-refractivity contribution in [1.82, 2.24) is 4.72 Å². The molecule has 0 aliphatic heterocycles. The molecule has 1 rings (SSSR count). The molecule has 1 aromatic rings. The highest BCUT2D eigenvalue weighted by Gasteiger charge is 2.19. The predicted octanol–water partition coefficient (Wildman–Crippen LogP) is 3.25. The number of benzene rings is 1. The van der Waals surface area contributed by atoms with E-state index in [1.807, 2.05) is 20.8 Å². The zero-order chi connectivity index (χ0) is 13.2. The molecule has 0 fully saturated rings. The van der Waals surface area contributed by atoms with E-state index in [9.17, 15) is 9.32 Å². The zero-order valence-electron chi connectivity index (χ0n) is 9.88. The number of aromatic hydroxyl groups is 1. The summed E-state index contributed by atoms with van der Waals surface area (Å²) in [4.78, 5) is 0. The molecule has 1 aromatic carbocycles. The van der Waals surface area contributed by atoms with E-state index in [1.54, 1.807) is 6.07 Å². The largest absolute Gasteiger partial charge is 0.508 e. The molecule has 0 spiro atoms. The summed E-state index contributed by atoms with van der Waals surface area (Å²) in [5, 5.41) is 10.3. The van der Waals surface area contributed by atoms with E-state index in [0.29, 0.717) is 15.6 Å². The van der Waals surface area contributed by atoms with E-state index < -0.39 is 11.0 Å². The first-order valence-electron chi connectivity index (χ1n) is 5.04. The lowest BCUT2D eigenvalue weighted by atomic mass is 10.2. The summed E-state index contributed by atoms with van der Waals surface area (Å²) < 4.78 is 14.2. The Hall–Kier alpha value is -0.290. The Balaban J connectivity index is 2.77. The Morgan fingerprint density at radius 1 is 1.29 bits per heavy atom. The second kappa shape index (κ2) is 5.57. The van der Waals surface area contributed by atoms with Crippen molar-refractivity contribution in [2.45, 2.75) is 32.1 Å². The Kier molecular flexibility index (Phi) is 4.84. The van der Waals surface area contributed by atoms with Crippen LogP contribution in [-0.4, -0.2) is 14.1 Å². The van der Waals surface area contributed by atoms with Crippen LogP contribution >= 0.6 is 23.2 Å². The molecule has 2 N–H and O–H groups in total. The molecule has 1 atom stereocenters. The highest BCUT2D eigenvalue weighted by Crippen LogP contribution is 2.29. The van der Waals surface area contributed by atoms with Crippen LogP contribution in [0.5, 0.6) is 5.75 Å². The number of nitrogens with one attached hydrogen (secondary N) is 1. The van der Waals surface area contributed by atoms with Crippen LogP contribution in [0.1, 0.15) is 26.3 Å². The van der Waals surface area contributed by atoms with Gasteiger partial charge in [0, 0.05) is 18.2 Å². The first-order valence-corrected chi connectivity index (χ1v) is 6.94. The average molecular weight is 296 g/mol. The van der Waals surface area contributed by atoms with E-state index in [1.165, 1.54) is 6.07 Å². The van der Waals surface area contributed by atoms with Crippen molar-refractivity contribution in [2.75, 3.05) is 0 Å². The van der Waals surface area contributed by atoms with E-state index in [0.717, 1.165) is 0 Å². The molecule has 3 nitrogen and oxygen atoms in total. The Labute approximate surface area is 114 Å². The van der Waals surface area contributed by atoms with Crippen LogP contribution in [0, 0.1) is 0 Å². The highest BCUT2D eigenvalue weighted by atomic mass is 35.5. The molecular weight excluding hydrogens is 281 g/mol. The minimum atomic E-state index is -1.20. The molecule has 1 unspecified atom stereocenters. The van der Waals surface area contributed by atoms with Gasteiger partial charge in [-0.25, -0.2) is 8.93 Å². The number of hydrogen-bond donors (Lipinski definition) is 2. The van der Waals surface area contributed by atoms with Crippen LogP contribution in [0.3, 0.4) is 0 Å². The summed E-state index contributed by atoms with van der Waals surface area (Å²) in [5.74, 6) is 0.0396. The fraction of sp³-hybridized carbons (Fsp3) is 0.455. The van der Waals surface area contributed by atoms with Gasteiger partial charge in [0.25, 0.3) is 0 Å². The maximum atomic E-state index is 11.8. The van der Waals surface area contributed by atoms with Crippen molar-refractivity contribution >= 4 is 34.2 Å². The molecule has 0 bridgehead atoms. The number of halogens is 2. The van der Waals surface area contributed by atoms with E-state index in [-0.39, 0.29) is 17.0 Å². The molecule has 0 aliphatic carbocycles. The molecule has 0 saturated carbocycles. The molecule has 0 amide bonds. The van der Waals surface area contributed by atoms with Gasteiger partial charge in [0.15, 0.2) is 0 Å².